The molecule has 0 aliphatic heterocycles. The lowest BCUT2D eigenvalue weighted by Crippen LogP contribution is -2.42. The summed E-state index contributed by atoms with van der Waals surface area (Å²) in [5.41, 5.74) is 1.01. The standard InChI is InChI=1S/C17H26N2O4/c1-12(2)18-17(21)11-19(13(3)20)9-8-14-6-7-15(22-4)16(10-14)23-5/h6-7,10,12H,8-9,11H2,1-5H3,(H,18,21). The molecule has 0 fully saturated rings. The molecule has 0 aromatic heterocycles. The normalized spacial score (nSPS) is 10.3. The molecule has 0 radical (unpaired) electrons. The Hall–Kier alpha value is -2.24. The Morgan fingerprint density at radius 2 is 1.83 bits per heavy atom. The lowest BCUT2D eigenvalue weighted by Gasteiger charge is -2.21. The highest BCUT2D eigenvalue weighted by Crippen LogP contribution is 2.27. The Morgan fingerprint density at radius 3 is 2.35 bits per heavy atom. The van der Waals surface area contributed by atoms with Crippen LogP contribution in [0.15, 0.2) is 18.2 Å². The van der Waals surface area contributed by atoms with Crippen molar-refractivity contribution in [3.8, 4) is 11.5 Å². The van der Waals surface area contributed by atoms with E-state index in [0.29, 0.717) is 24.5 Å². The molecule has 2 amide bonds. The van der Waals surface area contributed by atoms with Crippen molar-refractivity contribution in [3.05, 3.63) is 23.8 Å². The third-order valence-electron chi connectivity index (χ3n) is 3.35. The minimum absolute atomic E-state index is 0.0576. The number of hydrogen-bond acceptors (Lipinski definition) is 4. The van der Waals surface area contributed by atoms with Crippen LogP contribution in [0.1, 0.15) is 26.3 Å². The van der Waals surface area contributed by atoms with Gasteiger partial charge in [-0.2, -0.15) is 0 Å². The van der Waals surface area contributed by atoms with Crippen molar-refractivity contribution in [1.82, 2.24) is 10.2 Å². The van der Waals surface area contributed by atoms with Crippen LogP contribution in [-0.2, 0) is 16.0 Å². The first-order valence-electron chi connectivity index (χ1n) is 7.63. The number of rotatable bonds is 8. The third kappa shape index (κ3) is 6.18. The second-order valence-electron chi connectivity index (χ2n) is 5.60. The molecule has 0 atom stereocenters. The zero-order valence-electron chi connectivity index (χ0n) is 14.5. The summed E-state index contributed by atoms with van der Waals surface area (Å²) < 4.78 is 10.5. The van der Waals surface area contributed by atoms with E-state index in [1.807, 2.05) is 32.0 Å². The van der Waals surface area contributed by atoms with Crippen LogP contribution in [0.5, 0.6) is 11.5 Å². The number of hydrogen-bond donors (Lipinski definition) is 1. The maximum atomic E-state index is 11.8. The number of amides is 2. The average Bonchev–Trinajstić information content (AvgIpc) is 2.49. The summed E-state index contributed by atoms with van der Waals surface area (Å²) in [5, 5.41) is 2.79. The van der Waals surface area contributed by atoms with Crippen LogP contribution >= 0.6 is 0 Å². The number of carbonyl (C=O) groups excluding carboxylic acids is 2. The topological polar surface area (TPSA) is 67.9 Å². The largest absolute Gasteiger partial charge is 0.493 e. The summed E-state index contributed by atoms with van der Waals surface area (Å²) in [5.74, 6) is 1.04. The minimum atomic E-state index is -0.150. The molecule has 1 rings (SSSR count). The monoisotopic (exact) mass is 322 g/mol. The van der Waals surface area contributed by atoms with Gasteiger partial charge >= 0.3 is 0 Å². The summed E-state index contributed by atoms with van der Waals surface area (Å²) in [6, 6.07) is 5.69. The fourth-order valence-electron chi connectivity index (χ4n) is 2.19. The molecule has 0 aliphatic carbocycles. The molecular formula is C17H26N2O4. The number of nitrogens with one attached hydrogen (secondary N) is 1. The summed E-state index contributed by atoms with van der Waals surface area (Å²) >= 11 is 0. The van der Waals surface area contributed by atoms with E-state index in [1.54, 1.807) is 14.2 Å². The van der Waals surface area contributed by atoms with Gasteiger partial charge in [0.15, 0.2) is 11.5 Å². The first-order chi connectivity index (χ1) is 10.9. The van der Waals surface area contributed by atoms with Crippen molar-refractivity contribution in [3.63, 3.8) is 0 Å². The van der Waals surface area contributed by atoms with Gasteiger partial charge in [-0.3, -0.25) is 9.59 Å². The summed E-state index contributed by atoms with van der Waals surface area (Å²) in [6.45, 7) is 5.79. The Morgan fingerprint density at radius 1 is 1.17 bits per heavy atom. The number of ether oxygens (including phenoxy) is 2. The van der Waals surface area contributed by atoms with Gasteiger partial charge in [-0.05, 0) is 38.0 Å². The molecule has 1 N–H and O–H groups in total. The predicted molar refractivity (Wildman–Crippen MR) is 88.8 cm³/mol. The van der Waals surface area contributed by atoms with Gasteiger partial charge < -0.3 is 19.7 Å². The number of nitrogens with zero attached hydrogens (tertiary/aromatic N) is 1. The molecule has 1 aromatic rings. The van der Waals surface area contributed by atoms with Crippen LogP contribution in [0.25, 0.3) is 0 Å². The van der Waals surface area contributed by atoms with Crippen molar-refractivity contribution < 1.29 is 19.1 Å². The van der Waals surface area contributed by atoms with Gasteiger partial charge in [-0.15, -0.1) is 0 Å². The molecular weight excluding hydrogens is 296 g/mol. The Labute approximate surface area is 137 Å². The highest BCUT2D eigenvalue weighted by Gasteiger charge is 2.14. The van der Waals surface area contributed by atoms with Gasteiger partial charge in [0, 0.05) is 19.5 Å². The molecule has 23 heavy (non-hydrogen) atoms. The van der Waals surface area contributed by atoms with Crippen LogP contribution in [0.4, 0.5) is 0 Å². The summed E-state index contributed by atoms with van der Waals surface area (Å²) in [6.07, 6.45) is 0.634. The lowest BCUT2D eigenvalue weighted by molar-refractivity contribution is -0.134. The molecule has 0 saturated carbocycles. The van der Waals surface area contributed by atoms with Crippen molar-refractivity contribution >= 4 is 11.8 Å². The molecule has 6 nitrogen and oxygen atoms in total. The molecule has 0 heterocycles. The van der Waals surface area contributed by atoms with Crippen LogP contribution in [-0.4, -0.2) is 50.1 Å². The first-order valence-corrected chi connectivity index (χ1v) is 7.63. The van der Waals surface area contributed by atoms with Gasteiger partial charge in [-0.25, -0.2) is 0 Å². The van der Waals surface area contributed by atoms with Crippen LogP contribution in [0, 0.1) is 0 Å². The molecule has 6 heteroatoms. The molecule has 0 bridgehead atoms. The lowest BCUT2D eigenvalue weighted by atomic mass is 10.1. The van der Waals surface area contributed by atoms with Gasteiger partial charge in [-0.1, -0.05) is 6.07 Å². The molecule has 0 spiro atoms. The van der Waals surface area contributed by atoms with Crippen LogP contribution < -0.4 is 14.8 Å². The van der Waals surface area contributed by atoms with Crippen LogP contribution in [0.2, 0.25) is 0 Å². The Kier molecular flexibility index (Phi) is 7.38. The Balaban J connectivity index is 2.68. The van der Waals surface area contributed by atoms with Crippen molar-refractivity contribution in [1.29, 1.82) is 0 Å². The van der Waals surface area contributed by atoms with E-state index >= 15 is 0 Å². The van der Waals surface area contributed by atoms with E-state index < -0.39 is 0 Å². The quantitative estimate of drug-likeness (QED) is 0.790. The van der Waals surface area contributed by atoms with E-state index in [4.69, 9.17) is 9.47 Å². The maximum Gasteiger partial charge on any atom is 0.239 e. The smallest absolute Gasteiger partial charge is 0.239 e. The van der Waals surface area contributed by atoms with E-state index in [-0.39, 0.29) is 24.4 Å². The van der Waals surface area contributed by atoms with Gasteiger partial charge in [0.2, 0.25) is 11.8 Å². The predicted octanol–water partition coefficient (Wildman–Crippen LogP) is 1.62. The van der Waals surface area contributed by atoms with Crippen LogP contribution in [0.3, 0.4) is 0 Å². The maximum absolute atomic E-state index is 11.8. The second-order valence-corrected chi connectivity index (χ2v) is 5.60. The Bertz CT molecular complexity index is 543. The van der Waals surface area contributed by atoms with Crippen molar-refractivity contribution in [2.24, 2.45) is 0 Å². The molecule has 128 valence electrons. The van der Waals surface area contributed by atoms with E-state index in [2.05, 4.69) is 5.32 Å². The summed E-state index contributed by atoms with van der Waals surface area (Å²) in [4.78, 5) is 25.1. The fourth-order valence-corrected chi connectivity index (χ4v) is 2.19. The van der Waals surface area contributed by atoms with Crippen molar-refractivity contribution in [2.45, 2.75) is 33.2 Å². The van der Waals surface area contributed by atoms with E-state index in [9.17, 15) is 9.59 Å². The van der Waals surface area contributed by atoms with E-state index in [1.165, 1.54) is 11.8 Å². The first kappa shape index (κ1) is 18.8. The molecule has 0 aliphatic rings. The van der Waals surface area contributed by atoms with Crippen molar-refractivity contribution in [2.75, 3.05) is 27.3 Å². The zero-order valence-corrected chi connectivity index (χ0v) is 14.5. The van der Waals surface area contributed by atoms with Gasteiger partial charge in [0.1, 0.15) is 0 Å². The second kappa shape index (κ2) is 9.02. The number of benzene rings is 1. The fraction of sp³-hybridized carbons (Fsp3) is 0.529. The SMILES string of the molecule is COc1ccc(CCN(CC(=O)NC(C)C)C(C)=O)cc1OC. The number of methoxy groups -OCH3 is 2. The molecule has 0 saturated heterocycles. The zero-order chi connectivity index (χ0) is 17.4. The van der Waals surface area contributed by atoms with Gasteiger partial charge in [0.25, 0.3) is 0 Å². The minimum Gasteiger partial charge on any atom is -0.493 e. The molecule has 1 aromatic carbocycles. The summed E-state index contributed by atoms with van der Waals surface area (Å²) in [7, 11) is 3.17. The third-order valence-corrected chi connectivity index (χ3v) is 3.35. The highest BCUT2D eigenvalue weighted by molar-refractivity contribution is 5.83. The average molecular weight is 322 g/mol. The molecule has 0 unspecified atom stereocenters. The van der Waals surface area contributed by atoms with Gasteiger partial charge in [0.05, 0.1) is 20.8 Å². The van der Waals surface area contributed by atoms with E-state index in [0.717, 1.165) is 5.56 Å². The highest BCUT2D eigenvalue weighted by atomic mass is 16.5. The number of carbonyl (C=O) groups is 2.